The predicted molar refractivity (Wildman–Crippen MR) is 91.0 cm³/mol. The van der Waals surface area contributed by atoms with Gasteiger partial charge in [-0.1, -0.05) is 40.3 Å². The molecule has 1 atom stereocenters. The lowest BCUT2D eigenvalue weighted by Crippen LogP contribution is -2.16. The topological polar surface area (TPSA) is 50.9 Å². The molecule has 0 aliphatic rings. The van der Waals surface area contributed by atoms with Crippen molar-refractivity contribution in [1.82, 2.24) is 4.98 Å². The van der Waals surface area contributed by atoms with E-state index in [-0.39, 0.29) is 6.04 Å². The molecule has 0 fully saturated rings. The number of benzene rings is 1. The zero-order chi connectivity index (χ0) is 14.7. The van der Waals surface area contributed by atoms with E-state index < -0.39 is 0 Å². The van der Waals surface area contributed by atoms with Gasteiger partial charge in [0.15, 0.2) is 0 Å². The zero-order valence-corrected chi connectivity index (χ0v) is 13.8. The van der Waals surface area contributed by atoms with Crippen molar-refractivity contribution in [3.8, 4) is 0 Å². The van der Waals surface area contributed by atoms with E-state index in [4.69, 9.17) is 18.0 Å². The molecule has 0 amide bonds. The van der Waals surface area contributed by atoms with E-state index in [0.29, 0.717) is 4.99 Å². The van der Waals surface area contributed by atoms with E-state index in [1.807, 2.05) is 31.2 Å². The van der Waals surface area contributed by atoms with E-state index in [0.717, 1.165) is 21.5 Å². The number of rotatable bonds is 4. The highest BCUT2D eigenvalue weighted by Gasteiger charge is 2.11. The number of anilines is 1. The van der Waals surface area contributed by atoms with Crippen LogP contribution < -0.4 is 11.1 Å². The van der Waals surface area contributed by atoms with Crippen LogP contribution in [0.3, 0.4) is 0 Å². The summed E-state index contributed by atoms with van der Waals surface area (Å²) in [5.41, 5.74) is 8.61. The van der Waals surface area contributed by atoms with Gasteiger partial charge in [0, 0.05) is 16.2 Å². The molecule has 0 saturated heterocycles. The third kappa shape index (κ3) is 3.55. The van der Waals surface area contributed by atoms with E-state index in [2.05, 4.69) is 45.3 Å². The first-order chi connectivity index (χ1) is 9.47. The van der Waals surface area contributed by atoms with Crippen LogP contribution >= 0.6 is 28.1 Å². The van der Waals surface area contributed by atoms with Gasteiger partial charge in [0.25, 0.3) is 0 Å². The molecular weight excluding hydrogens is 334 g/mol. The van der Waals surface area contributed by atoms with E-state index in [1.165, 1.54) is 5.56 Å². The summed E-state index contributed by atoms with van der Waals surface area (Å²) in [6.07, 6.45) is 0. The molecule has 1 unspecified atom stereocenters. The van der Waals surface area contributed by atoms with Crippen LogP contribution in [0.15, 0.2) is 40.9 Å². The minimum atomic E-state index is 0.116. The Kier molecular flexibility index (Phi) is 4.73. The van der Waals surface area contributed by atoms with Gasteiger partial charge in [0.2, 0.25) is 0 Å². The Balaban J connectivity index is 2.27. The van der Waals surface area contributed by atoms with Gasteiger partial charge in [-0.2, -0.15) is 0 Å². The van der Waals surface area contributed by atoms with Gasteiger partial charge in [0.1, 0.15) is 10.8 Å². The molecule has 0 spiro atoms. The Morgan fingerprint density at radius 2 is 1.90 bits per heavy atom. The summed E-state index contributed by atoms with van der Waals surface area (Å²) in [6.45, 7) is 4.02. The monoisotopic (exact) mass is 349 g/mol. The summed E-state index contributed by atoms with van der Waals surface area (Å²) in [4.78, 5) is 4.84. The third-order valence-electron chi connectivity index (χ3n) is 3.02. The van der Waals surface area contributed by atoms with Crippen molar-refractivity contribution in [3.63, 3.8) is 0 Å². The number of aromatic nitrogens is 1. The lowest BCUT2D eigenvalue weighted by Gasteiger charge is -2.17. The van der Waals surface area contributed by atoms with Crippen molar-refractivity contribution in [2.75, 3.05) is 5.32 Å². The lowest BCUT2D eigenvalue weighted by atomic mass is 10.1. The highest BCUT2D eigenvalue weighted by molar-refractivity contribution is 9.10. The summed E-state index contributed by atoms with van der Waals surface area (Å²) in [6, 6.07) is 12.1. The van der Waals surface area contributed by atoms with E-state index >= 15 is 0 Å². The number of aryl methyl sites for hydroxylation is 1. The summed E-state index contributed by atoms with van der Waals surface area (Å²) in [5.74, 6) is 0.730. The van der Waals surface area contributed by atoms with Crippen LogP contribution in [0, 0.1) is 6.92 Å². The van der Waals surface area contributed by atoms with E-state index in [9.17, 15) is 0 Å². The van der Waals surface area contributed by atoms with E-state index in [1.54, 1.807) is 0 Å². The Morgan fingerprint density at radius 1 is 1.25 bits per heavy atom. The van der Waals surface area contributed by atoms with Crippen molar-refractivity contribution in [3.05, 3.63) is 57.7 Å². The molecule has 3 nitrogen and oxygen atoms in total. The molecule has 0 aliphatic carbocycles. The first-order valence-corrected chi connectivity index (χ1v) is 7.47. The Bertz CT molecular complexity index is 626. The zero-order valence-electron chi connectivity index (χ0n) is 11.4. The van der Waals surface area contributed by atoms with Crippen molar-refractivity contribution in [2.45, 2.75) is 19.9 Å². The molecule has 104 valence electrons. The molecule has 3 N–H and O–H groups in total. The van der Waals surface area contributed by atoms with Gasteiger partial charge in [-0.3, -0.25) is 0 Å². The first kappa shape index (κ1) is 14.9. The van der Waals surface area contributed by atoms with Crippen LogP contribution in [0.2, 0.25) is 0 Å². The maximum absolute atomic E-state index is 5.74. The van der Waals surface area contributed by atoms with Crippen LogP contribution in [0.25, 0.3) is 0 Å². The van der Waals surface area contributed by atoms with Crippen molar-refractivity contribution in [1.29, 1.82) is 0 Å². The van der Waals surface area contributed by atoms with Crippen LogP contribution in [0.5, 0.6) is 0 Å². The number of nitrogens with two attached hydrogens (primary N) is 1. The maximum atomic E-state index is 5.74. The third-order valence-corrected chi connectivity index (χ3v) is 3.77. The first-order valence-electron chi connectivity index (χ1n) is 6.27. The highest BCUT2D eigenvalue weighted by atomic mass is 79.9. The van der Waals surface area contributed by atoms with Gasteiger partial charge < -0.3 is 11.1 Å². The number of hydrogen-bond acceptors (Lipinski definition) is 3. The fourth-order valence-electron chi connectivity index (χ4n) is 1.91. The minimum absolute atomic E-state index is 0.116. The second-order valence-electron chi connectivity index (χ2n) is 4.63. The van der Waals surface area contributed by atoms with Gasteiger partial charge in [-0.25, -0.2) is 4.98 Å². The maximum Gasteiger partial charge on any atom is 0.136 e. The molecule has 0 radical (unpaired) electrons. The number of nitrogens with zero attached hydrogens (tertiary/aromatic N) is 1. The fourth-order valence-corrected chi connectivity index (χ4v) is 2.33. The number of thiocarbonyl (C=S) groups is 1. The normalized spacial score (nSPS) is 11.9. The largest absolute Gasteiger partial charge is 0.389 e. The van der Waals surface area contributed by atoms with Crippen molar-refractivity contribution >= 4 is 39.0 Å². The highest BCUT2D eigenvalue weighted by Crippen LogP contribution is 2.22. The molecule has 5 heteroatoms. The fraction of sp³-hybridized carbons (Fsp3) is 0.200. The molecule has 1 aromatic heterocycles. The molecule has 1 heterocycles. The number of halogens is 1. The molecule has 2 rings (SSSR count). The Morgan fingerprint density at radius 3 is 2.50 bits per heavy atom. The molecule has 0 aliphatic heterocycles. The Labute approximate surface area is 132 Å². The summed E-state index contributed by atoms with van der Waals surface area (Å²) in [5, 5.41) is 3.37. The number of hydrogen-bond donors (Lipinski definition) is 2. The average Bonchev–Trinajstić information content (AvgIpc) is 2.39. The molecule has 0 saturated carbocycles. The SMILES string of the molecule is Cc1ccc(C(N)=S)c(NC(C)c2ccc(Br)cc2)n1. The van der Waals surface area contributed by atoms with Gasteiger partial charge in [-0.05, 0) is 43.7 Å². The molecule has 1 aromatic carbocycles. The van der Waals surface area contributed by atoms with Crippen molar-refractivity contribution < 1.29 is 0 Å². The summed E-state index contributed by atoms with van der Waals surface area (Å²) < 4.78 is 1.06. The lowest BCUT2D eigenvalue weighted by molar-refractivity contribution is 0.871. The number of pyridine rings is 1. The molecule has 2 aromatic rings. The smallest absolute Gasteiger partial charge is 0.136 e. The van der Waals surface area contributed by atoms with Crippen molar-refractivity contribution in [2.24, 2.45) is 5.73 Å². The minimum Gasteiger partial charge on any atom is -0.389 e. The predicted octanol–water partition coefficient (Wildman–Crippen LogP) is 3.96. The standard InChI is InChI=1S/C15H16BrN3S/c1-9-3-8-13(14(17)20)15(18-9)19-10(2)11-4-6-12(16)7-5-11/h3-8,10H,1-2H3,(H2,17,20)(H,18,19). The quantitative estimate of drug-likeness (QED) is 0.820. The average molecular weight is 350 g/mol. The summed E-state index contributed by atoms with van der Waals surface area (Å²) >= 11 is 8.51. The molecular formula is C15H16BrN3S. The van der Waals surface area contributed by atoms with Crippen LogP contribution in [0.1, 0.15) is 29.8 Å². The number of nitrogens with one attached hydrogen (secondary N) is 1. The second kappa shape index (κ2) is 6.33. The van der Waals surface area contributed by atoms with Crippen LogP contribution in [0.4, 0.5) is 5.82 Å². The molecule has 20 heavy (non-hydrogen) atoms. The molecule has 0 bridgehead atoms. The van der Waals surface area contributed by atoms with Gasteiger partial charge in [0.05, 0.1) is 5.56 Å². The second-order valence-corrected chi connectivity index (χ2v) is 5.99. The van der Waals surface area contributed by atoms with Gasteiger partial charge in [-0.15, -0.1) is 0 Å². The summed E-state index contributed by atoms with van der Waals surface area (Å²) in [7, 11) is 0. The van der Waals surface area contributed by atoms with Crippen LogP contribution in [-0.4, -0.2) is 9.97 Å². The van der Waals surface area contributed by atoms with Crippen LogP contribution in [-0.2, 0) is 0 Å². The van der Waals surface area contributed by atoms with Gasteiger partial charge >= 0.3 is 0 Å². The Hall–Kier alpha value is -1.46.